The van der Waals surface area contributed by atoms with Crippen molar-refractivity contribution in [3.8, 4) is 0 Å². The van der Waals surface area contributed by atoms with E-state index in [9.17, 15) is 4.39 Å². The summed E-state index contributed by atoms with van der Waals surface area (Å²) in [5, 5.41) is 0. The number of aryl methyl sites for hydroxylation is 1. The van der Waals surface area contributed by atoms with Crippen molar-refractivity contribution in [3.63, 3.8) is 0 Å². The number of nitrogens with two attached hydrogens (primary N) is 1. The molecule has 0 radical (unpaired) electrons. The summed E-state index contributed by atoms with van der Waals surface area (Å²) in [5.74, 6) is -0.146. The third kappa shape index (κ3) is 2.43. The minimum Gasteiger partial charge on any atom is -0.326 e. The Morgan fingerprint density at radius 3 is 2.56 bits per heavy atom. The molecular formula is C15H23FN2. The van der Waals surface area contributed by atoms with E-state index < -0.39 is 0 Å². The first-order valence-electron chi connectivity index (χ1n) is 6.59. The lowest BCUT2D eigenvalue weighted by molar-refractivity contribution is 0.117. The minimum absolute atomic E-state index is 0.0844. The lowest BCUT2D eigenvalue weighted by Gasteiger charge is -2.38. The Morgan fingerprint density at radius 2 is 2.00 bits per heavy atom. The molecule has 2 nitrogen and oxygen atoms in total. The van der Waals surface area contributed by atoms with E-state index in [-0.39, 0.29) is 23.4 Å². The van der Waals surface area contributed by atoms with Crippen LogP contribution in [-0.2, 0) is 0 Å². The van der Waals surface area contributed by atoms with Gasteiger partial charge in [0, 0.05) is 18.1 Å². The van der Waals surface area contributed by atoms with Gasteiger partial charge in [0.25, 0.3) is 0 Å². The van der Waals surface area contributed by atoms with Crippen LogP contribution in [0.3, 0.4) is 0 Å². The van der Waals surface area contributed by atoms with Crippen LogP contribution in [0.1, 0.15) is 44.4 Å². The zero-order valence-electron chi connectivity index (χ0n) is 11.7. The molecule has 2 rings (SSSR count). The smallest absolute Gasteiger partial charge is 0.126 e. The number of hydrogen-bond donors (Lipinski definition) is 1. The maximum Gasteiger partial charge on any atom is 0.126 e. The second-order valence-electron chi connectivity index (χ2n) is 6.27. The molecule has 0 bridgehead atoms. The second kappa shape index (κ2) is 4.63. The van der Waals surface area contributed by atoms with E-state index in [0.717, 1.165) is 18.5 Å². The lowest BCUT2D eigenvalue weighted by atomic mass is 9.95. The summed E-state index contributed by atoms with van der Waals surface area (Å²) >= 11 is 0. The lowest BCUT2D eigenvalue weighted by Crippen LogP contribution is -2.43. The van der Waals surface area contributed by atoms with E-state index in [1.54, 1.807) is 13.0 Å². The minimum atomic E-state index is -0.146. The zero-order chi connectivity index (χ0) is 13.5. The van der Waals surface area contributed by atoms with Crippen molar-refractivity contribution >= 4 is 0 Å². The molecule has 100 valence electrons. The third-order valence-electron chi connectivity index (χ3n) is 3.83. The first kappa shape index (κ1) is 13.5. The molecule has 1 saturated heterocycles. The maximum absolute atomic E-state index is 13.4. The summed E-state index contributed by atoms with van der Waals surface area (Å²) in [7, 11) is 0. The van der Waals surface area contributed by atoms with Gasteiger partial charge in [-0.05, 0) is 51.3 Å². The van der Waals surface area contributed by atoms with Gasteiger partial charge >= 0.3 is 0 Å². The number of halogens is 1. The standard InChI is InChI=1S/C15H23FN2/c1-10-9-11(5-6-12(10)16)14-13(17)7-8-18(14)15(2,3)4/h5-6,9,13-14H,7-8,17H2,1-4H3. The van der Waals surface area contributed by atoms with E-state index >= 15 is 0 Å². The van der Waals surface area contributed by atoms with Gasteiger partial charge in [0.2, 0.25) is 0 Å². The summed E-state index contributed by atoms with van der Waals surface area (Å²) in [6.45, 7) is 9.42. The first-order chi connectivity index (χ1) is 8.30. The van der Waals surface area contributed by atoms with Gasteiger partial charge in [-0.25, -0.2) is 4.39 Å². The van der Waals surface area contributed by atoms with Crippen molar-refractivity contribution in [2.45, 2.75) is 51.7 Å². The summed E-state index contributed by atoms with van der Waals surface area (Å²) in [5.41, 5.74) is 8.16. The van der Waals surface area contributed by atoms with Crippen LogP contribution in [0, 0.1) is 12.7 Å². The molecule has 3 heteroatoms. The molecule has 0 aromatic heterocycles. The quantitative estimate of drug-likeness (QED) is 0.830. The molecule has 1 aliphatic heterocycles. The Balaban J connectivity index is 2.37. The predicted octanol–water partition coefficient (Wildman–Crippen LogP) is 3.01. The van der Waals surface area contributed by atoms with Crippen LogP contribution in [0.15, 0.2) is 18.2 Å². The highest BCUT2D eigenvalue weighted by Gasteiger charge is 2.38. The first-order valence-corrected chi connectivity index (χ1v) is 6.59. The molecule has 0 aliphatic carbocycles. The monoisotopic (exact) mass is 250 g/mol. The zero-order valence-corrected chi connectivity index (χ0v) is 11.7. The van der Waals surface area contributed by atoms with Crippen molar-refractivity contribution in [2.24, 2.45) is 5.73 Å². The molecule has 0 amide bonds. The predicted molar refractivity (Wildman–Crippen MR) is 72.9 cm³/mol. The summed E-state index contributed by atoms with van der Waals surface area (Å²) in [6.07, 6.45) is 0.998. The molecule has 1 fully saturated rings. The Morgan fingerprint density at radius 1 is 1.33 bits per heavy atom. The van der Waals surface area contributed by atoms with E-state index in [1.165, 1.54) is 0 Å². The fraction of sp³-hybridized carbons (Fsp3) is 0.600. The van der Waals surface area contributed by atoms with E-state index in [0.29, 0.717) is 5.56 Å². The highest BCUT2D eigenvalue weighted by atomic mass is 19.1. The molecule has 2 unspecified atom stereocenters. The van der Waals surface area contributed by atoms with Crippen LogP contribution < -0.4 is 5.73 Å². The largest absolute Gasteiger partial charge is 0.326 e. The molecule has 1 heterocycles. The highest BCUT2D eigenvalue weighted by Crippen LogP contribution is 2.36. The van der Waals surface area contributed by atoms with Crippen LogP contribution in [0.4, 0.5) is 4.39 Å². The van der Waals surface area contributed by atoms with Crippen LogP contribution >= 0.6 is 0 Å². The number of likely N-dealkylation sites (tertiary alicyclic amines) is 1. The Kier molecular flexibility index (Phi) is 3.47. The van der Waals surface area contributed by atoms with E-state index in [2.05, 4.69) is 25.7 Å². The topological polar surface area (TPSA) is 29.3 Å². The van der Waals surface area contributed by atoms with Crippen molar-refractivity contribution in [3.05, 3.63) is 35.1 Å². The van der Waals surface area contributed by atoms with Crippen LogP contribution in [0.5, 0.6) is 0 Å². The number of benzene rings is 1. The summed E-state index contributed by atoms with van der Waals surface area (Å²) in [4.78, 5) is 2.42. The van der Waals surface area contributed by atoms with Gasteiger partial charge in [-0.1, -0.05) is 12.1 Å². The van der Waals surface area contributed by atoms with Crippen molar-refractivity contribution < 1.29 is 4.39 Å². The highest BCUT2D eigenvalue weighted by molar-refractivity contribution is 5.29. The number of rotatable bonds is 1. The molecule has 1 aromatic rings. The number of hydrogen-bond acceptors (Lipinski definition) is 2. The van der Waals surface area contributed by atoms with Gasteiger partial charge in [-0.2, -0.15) is 0 Å². The SMILES string of the molecule is Cc1cc(C2C(N)CCN2C(C)(C)C)ccc1F. The number of nitrogens with zero attached hydrogens (tertiary/aromatic N) is 1. The van der Waals surface area contributed by atoms with E-state index in [1.807, 2.05) is 12.1 Å². The van der Waals surface area contributed by atoms with Gasteiger partial charge in [0.15, 0.2) is 0 Å². The second-order valence-corrected chi connectivity index (χ2v) is 6.27. The molecule has 0 spiro atoms. The van der Waals surface area contributed by atoms with Crippen molar-refractivity contribution in [2.75, 3.05) is 6.54 Å². The molecular weight excluding hydrogens is 227 g/mol. The van der Waals surface area contributed by atoms with Gasteiger partial charge in [0.1, 0.15) is 5.82 Å². The maximum atomic E-state index is 13.4. The Hall–Kier alpha value is -0.930. The average molecular weight is 250 g/mol. The van der Waals surface area contributed by atoms with Gasteiger partial charge in [0.05, 0.1) is 6.04 Å². The van der Waals surface area contributed by atoms with Gasteiger partial charge < -0.3 is 5.73 Å². The molecule has 0 saturated carbocycles. The normalized spacial score (nSPS) is 25.7. The molecule has 18 heavy (non-hydrogen) atoms. The third-order valence-corrected chi connectivity index (χ3v) is 3.83. The average Bonchev–Trinajstić information content (AvgIpc) is 2.64. The van der Waals surface area contributed by atoms with Gasteiger partial charge in [-0.3, -0.25) is 4.90 Å². The summed E-state index contributed by atoms with van der Waals surface area (Å²) < 4.78 is 13.4. The van der Waals surface area contributed by atoms with Crippen LogP contribution in [0.2, 0.25) is 0 Å². The fourth-order valence-electron chi connectivity index (χ4n) is 2.85. The van der Waals surface area contributed by atoms with Gasteiger partial charge in [-0.15, -0.1) is 0 Å². The molecule has 2 atom stereocenters. The summed E-state index contributed by atoms with van der Waals surface area (Å²) in [6, 6.07) is 5.69. The molecule has 2 N–H and O–H groups in total. The van der Waals surface area contributed by atoms with Crippen LogP contribution in [0.25, 0.3) is 0 Å². The Labute approximate surface area is 109 Å². The molecule has 1 aromatic carbocycles. The fourth-order valence-corrected chi connectivity index (χ4v) is 2.85. The van der Waals surface area contributed by atoms with Crippen LogP contribution in [-0.4, -0.2) is 23.0 Å². The Bertz CT molecular complexity index is 437. The van der Waals surface area contributed by atoms with Crippen molar-refractivity contribution in [1.29, 1.82) is 0 Å². The molecule has 1 aliphatic rings. The van der Waals surface area contributed by atoms with E-state index in [4.69, 9.17) is 5.73 Å². The van der Waals surface area contributed by atoms with Crippen molar-refractivity contribution in [1.82, 2.24) is 4.90 Å².